The van der Waals surface area contributed by atoms with Crippen molar-refractivity contribution in [1.82, 2.24) is 10.2 Å². The average Bonchev–Trinajstić information content (AvgIpc) is 2.60. The number of amides is 1. The summed E-state index contributed by atoms with van der Waals surface area (Å²) in [5, 5.41) is 3.26. The number of fused-ring (bicyclic) bond motifs is 1. The van der Waals surface area contributed by atoms with E-state index in [1.54, 1.807) is 11.0 Å². The molecule has 3 rings (SSSR count). The zero-order chi connectivity index (χ0) is 13.9. The molecule has 0 aliphatic carbocycles. The van der Waals surface area contributed by atoms with E-state index in [0.29, 0.717) is 19.7 Å². The molecular weight excluding hydrogens is 295 g/mol. The first-order valence-electron chi connectivity index (χ1n) is 7.09. The summed E-state index contributed by atoms with van der Waals surface area (Å²) in [5.41, 5.74) is 0.825. The Balaban J connectivity index is 0.00000161. The van der Waals surface area contributed by atoms with Crippen LogP contribution >= 0.6 is 12.4 Å². The zero-order valence-corrected chi connectivity index (χ0v) is 12.6. The predicted molar refractivity (Wildman–Crippen MR) is 79.8 cm³/mol. The molecule has 0 saturated carbocycles. The zero-order valence-electron chi connectivity index (χ0n) is 11.8. The number of hydrogen-bond acceptors (Lipinski definition) is 3. The topological polar surface area (TPSA) is 41.6 Å². The van der Waals surface area contributed by atoms with Crippen LogP contribution in [0, 0.1) is 11.7 Å². The van der Waals surface area contributed by atoms with Crippen LogP contribution in [-0.4, -0.2) is 43.2 Å². The van der Waals surface area contributed by atoms with Crippen molar-refractivity contribution in [3.63, 3.8) is 0 Å². The summed E-state index contributed by atoms with van der Waals surface area (Å²) in [5.74, 6) is -0.189. The van der Waals surface area contributed by atoms with Gasteiger partial charge in [0.15, 0.2) is 0 Å². The molecule has 2 saturated heterocycles. The molecule has 2 aliphatic heterocycles. The first-order chi connectivity index (χ1) is 9.74. The van der Waals surface area contributed by atoms with Gasteiger partial charge in [0.2, 0.25) is 5.91 Å². The normalized spacial score (nSPS) is 25.8. The van der Waals surface area contributed by atoms with Gasteiger partial charge in [-0.05, 0) is 30.7 Å². The van der Waals surface area contributed by atoms with E-state index in [2.05, 4.69) is 5.32 Å². The second-order valence-corrected chi connectivity index (χ2v) is 5.40. The monoisotopic (exact) mass is 314 g/mol. The molecule has 0 bridgehead atoms. The van der Waals surface area contributed by atoms with E-state index in [0.717, 1.165) is 25.1 Å². The van der Waals surface area contributed by atoms with Crippen molar-refractivity contribution in [3.05, 3.63) is 35.6 Å². The lowest BCUT2D eigenvalue weighted by molar-refractivity contribution is -0.138. The van der Waals surface area contributed by atoms with E-state index >= 15 is 0 Å². The van der Waals surface area contributed by atoms with Crippen LogP contribution in [0.15, 0.2) is 24.3 Å². The second-order valence-electron chi connectivity index (χ2n) is 5.40. The lowest BCUT2D eigenvalue weighted by Crippen LogP contribution is -2.47. The van der Waals surface area contributed by atoms with E-state index in [1.165, 1.54) is 12.1 Å². The van der Waals surface area contributed by atoms with Crippen molar-refractivity contribution < 1.29 is 13.9 Å². The van der Waals surface area contributed by atoms with E-state index < -0.39 is 0 Å². The minimum absolute atomic E-state index is 0. The van der Waals surface area contributed by atoms with Gasteiger partial charge in [-0.15, -0.1) is 12.4 Å². The van der Waals surface area contributed by atoms with Crippen molar-refractivity contribution in [3.8, 4) is 0 Å². The van der Waals surface area contributed by atoms with Gasteiger partial charge in [-0.1, -0.05) is 12.1 Å². The molecule has 2 fully saturated rings. The van der Waals surface area contributed by atoms with Gasteiger partial charge >= 0.3 is 0 Å². The lowest BCUT2D eigenvalue weighted by atomic mass is 9.93. The Hall–Kier alpha value is -1.17. The van der Waals surface area contributed by atoms with Crippen molar-refractivity contribution in [2.45, 2.75) is 19.1 Å². The molecule has 0 spiro atoms. The standard InChI is InChI=1S/C15H19FN2O2.ClH/c16-12-3-1-2-11(8-12)10-18-6-7-20-14-9-17-5-4-13(14)15(18)19;/h1-3,8,13-14,17H,4-7,9-10H2;1H/t13-,14+;/m1./s1. The molecule has 1 aromatic carbocycles. The summed E-state index contributed by atoms with van der Waals surface area (Å²) in [6.07, 6.45) is 0.789. The minimum Gasteiger partial charge on any atom is -0.374 e. The number of hydrogen-bond donors (Lipinski definition) is 1. The van der Waals surface area contributed by atoms with Crippen LogP contribution in [0.5, 0.6) is 0 Å². The number of carbonyl (C=O) groups is 1. The van der Waals surface area contributed by atoms with Crippen LogP contribution in [-0.2, 0) is 16.1 Å². The highest BCUT2D eigenvalue weighted by molar-refractivity contribution is 5.85. The maximum Gasteiger partial charge on any atom is 0.228 e. The van der Waals surface area contributed by atoms with Crippen LogP contribution in [0.25, 0.3) is 0 Å². The van der Waals surface area contributed by atoms with Gasteiger partial charge in [0.25, 0.3) is 0 Å². The first-order valence-corrected chi connectivity index (χ1v) is 7.09. The molecule has 1 amide bonds. The first kappa shape index (κ1) is 16.2. The molecule has 116 valence electrons. The van der Waals surface area contributed by atoms with Gasteiger partial charge in [-0.3, -0.25) is 4.79 Å². The third-order valence-electron chi connectivity index (χ3n) is 4.01. The maximum absolute atomic E-state index is 13.2. The number of rotatable bonds is 2. The number of benzene rings is 1. The summed E-state index contributed by atoms with van der Waals surface area (Å²) < 4.78 is 19.0. The van der Waals surface area contributed by atoms with Crippen molar-refractivity contribution >= 4 is 18.3 Å². The van der Waals surface area contributed by atoms with Gasteiger partial charge in [-0.25, -0.2) is 4.39 Å². The summed E-state index contributed by atoms with van der Waals surface area (Å²) in [7, 11) is 0. The van der Waals surface area contributed by atoms with Gasteiger partial charge in [0.1, 0.15) is 5.82 Å². The molecule has 0 radical (unpaired) electrons. The summed E-state index contributed by atoms with van der Waals surface area (Å²) in [6.45, 7) is 3.16. The Morgan fingerprint density at radius 1 is 1.43 bits per heavy atom. The molecule has 1 aromatic rings. The van der Waals surface area contributed by atoms with Gasteiger partial charge in [-0.2, -0.15) is 0 Å². The SMILES string of the molecule is Cl.O=C1[C@@H]2CCNC[C@@H]2OCCN1Cc1cccc(F)c1. The van der Waals surface area contributed by atoms with Gasteiger partial charge in [0, 0.05) is 19.6 Å². The fraction of sp³-hybridized carbons (Fsp3) is 0.533. The summed E-state index contributed by atoms with van der Waals surface area (Å²) >= 11 is 0. The highest BCUT2D eigenvalue weighted by Crippen LogP contribution is 2.23. The fourth-order valence-electron chi connectivity index (χ4n) is 2.96. The number of nitrogens with zero attached hydrogens (tertiary/aromatic N) is 1. The van der Waals surface area contributed by atoms with Crippen molar-refractivity contribution in [1.29, 1.82) is 0 Å². The number of ether oxygens (including phenoxy) is 1. The summed E-state index contributed by atoms with van der Waals surface area (Å²) in [6, 6.07) is 6.43. The highest BCUT2D eigenvalue weighted by Gasteiger charge is 2.36. The Labute approximate surface area is 130 Å². The van der Waals surface area contributed by atoms with Crippen LogP contribution in [0.3, 0.4) is 0 Å². The quantitative estimate of drug-likeness (QED) is 0.901. The van der Waals surface area contributed by atoms with Crippen LogP contribution in [0.2, 0.25) is 0 Å². The van der Waals surface area contributed by atoms with E-state index in [1.807, 2.05) is 6.07 Å². The largest absolute Gasteiger partial charge is 0.374 e. The predicted octanol–water partition coefficient (Wildman–Crippen LogP) is 1.58. The molecular formula is C15H20ClFN2O2. The van der Waals surface area contributed by atoms with Crippen molar-refractivity contribution in [2.75, 3.05) is 26.2 Å². The highest BCUT2D eigenvalue weighted by atomic mass is 35.5. The Bertz CT molecular complexity index is 500. The van der Waals surface area contributed by atoms with E-state index in [4.69, 9.17) is 4.74 Å². The third-order valence-corrected chi connectivity index (χ3v) is 4.01. The number of piperidine rings is 1. The summed E-state index contributed by atoms with van der Waals surface area (Å²) in [4.78, 5) is 14.4. The number of nitrogens with one attached hydrogen (secondary N) is 1. The molecule has 2 aliphatic rings. The van der Waals surface area contributed by atoms with E-state index in [-0.39, 0.29) is 36.2 Å². The van der Waals surface area contributed by atoms with Crippen LogP contribution in [0.1, 0.15) is 12.0 Å². The van der Waals surface area contributed by atoms with Crippen molar-refractivity contribution in [2.24, 2.45) is 5.92 Å². The Morgan fingerprint density at radius 3 is 3.10 bits per heavy atom. The second kappa shape index (κ2) is 7.20. The smallest absolute Gasteiger partial charge is 0.228 e. The van der Waals surface area contributed by atoms with E-state index in [9.17, 15) is 9.18 Å². The molecule has 2 heterocycles. The molecule has 1 N–H and O–H groups in total. The molecule has 6 heteroatoms. The molecule has 0 aromatic heterocycles. The molecule has 2 atom stereocenters. The molecule has 4 nitrogen and oxygen atoms in total. The Morgan fingerprint density at radius 2 is 2.29 bits per heavy atom. The number of halogens is 2. The third kappa shape index (κ3) is 3.73. The lowest BCUT2D eigenvalue weighted by Gasteiger charge is -2.30. The minimum atomic E-state index is -0.263. The van der Waals surface area contributed by atoms with Gasteiger partial charge < -0.3 is 15.0 Å². The fourth-order valence-corrected chi connectivity index (χ4v) is 2.96. The average molecular weight is 315 g/mol. The molecule has 0 unspecified atom stereocenters. The van der Waals surface area contributed by atoms with Crippen LogP contribution in [0.4, 0.5) is 4.39 Å². The van der Waals surface area contributed by atoms with Crippen LogP contribution < -0.4 is 5.32 Å². The maximum atomic E-state index is 13.2. The molecule has 21 heavy (non-hydrogen) atoms. The Kier molecular flexibility index (Phi) is 5.56. The van der Waals surface area contributed by atoms with Gasteiger partial charge in [0.05, 0.1) is 18.6 Å². The number of carbonyl (C=O) groups excluding carboxylic acids is 1.